The molecule has 1 fully saturated rings. The predicted molar refractivity (Wildman–Crippen MR) is 81.6 cm³/mol. The van der Waals surface area contributed by atoms with Crippen LogP contribution >= 0.6 is 11.6 Å². The van der Waals surface area contributed by atoms with Gasteiger partial charge in [0.25, 0.3) is 0 Å². The summed E-state index contributed by atoms with van der Waals surface area (Å²) in [6.45, 7) is 2.31. The third kappa shape index (κ3) is 1.60. The Bertz CT molecular complexity index is 601. The van der Waals surface area contributed by atoms with Crippen LogP contribution in [-0.2, 0) is 16.6 Å². The molecule has 1 aromatic carbocycles. The molecule has 0 saturated heterocycles. The maximum Gasteiger partial charge on any atom is 0.228 e. The zero-order chi connectivity index (χ0) is 13.9. The fourth-order valence-corrected chi connectivity index (χ4v) is 5.09. The van der Waals surface area contributed by atoms with Crippen molar-refractivity contribution < 1.29 is 4.79 Å². The van der Waals surface area contributed by atoms with E-state index in [2.05, 4.69) is 18.3 Å². The summed E-state index contributed by atoms with van der Waals surface area (Å²) >= 11 is 6.48. The number of fused-ring (bicyclic) bond motifs is 4. The molecule has 1 amide bonds. The van der Waals surface area contributed by atoms with Gasteiger partial charge in [-0.25, -0.2) is 0 Å². The van der Waals surface area contributed by atoms with E-state index in [0.29, 0.717) is 17.8 Å². The van der Waals surface area contributed by atoms with Gasteiger partial charge in [0.1, 0.15) is 0 Å². The van der Waals surface area contributed by atoms with Gasteiger partial charge in [0.05, 0.1) is 6.42 Å². The minimum absolute atomic E-state index is 0.0899. The third-order valence-corrected chi connectivity index (χ3v) is 5.93. The first kappa shape index (κ1) is 12.7. The molecule has 2 nitrogen and oxygen atoms in total. The Morgan fingerprint density at radius 3 is 2.80 bits per heavy atom. The summed E-state index contributed by atoms with van der Waals surface area (Å²) in [6, 6.07) is 2.19. The van der Waals surface area contributed by atoms with Crippen molar-refractivity contribution in [1.29, 1.82) is 0 Å². The number of nitrogens with one attached hydrogen (secondary N) is 1. The van der Waals surface area contributed by atoms with Crippen LogP contribution in [0.1, 0.15) is 68.1 Å². The summed E-state index contributed by atoms with van der Waals surface area (Å²) in [7, 11) is 0. The molecular weight excluding hydrogens is 270 g/mol. The van der Waals surface area contributed by atoms with E-state index in [1.165, 1.54) is 49.7 Å². The number of benzene rings is 1. The summed E-state index contributed by atoms with van der Waals surface area (Å²) in [5, 5.41) is 3.86. The minimum atomic E-state index is 0.0899. The molecule has 1 heterocycles. The number of hydrogen-bond donors (Lipinski definition) is 1. The molecule has 0 radical (unpaired) electrons. The molecule has 2 aliphatic carbocycles. The number of carbonyl (C=O) groups is 1. The molecule has 20 heavy (non-hydrogen) atoms. The molecule has 1 aliphatic heterocycles. The number of halogens is 1. The molecule has 1 spiro atoms. The number of anilines is 1. The van der Waals surface area contributed by atoms with Crippen LogP contribution in [0.3, 0.4) is 0 Å². The maximum atomic E-state index is 11.8. The highest BCUT2D eigenvalue weighted by Gasteiger charge is 2.45. The molecule has 1 atom stereocenters. The summed E-state index contributed by atoms with van der Waals surface area (Å²) in [6.07, 6.45) is 8.26. The summed E-state index contributed by atoms with van der Waals surface area (Å²) in [5.74, 6) is 0.625. The van der Waals surface area contributed by atoms with Gasteiger partial charge in [0.2, 0.25) is 5.91 Å². The van der Waals surface area contributed by atoms with Crippen LogP contribution in [0.4, 0.5) is 5.69 Å². The van der Waals surface area contributed by atoms with Crippen molar-refractivity contribution in [2.45, 2.75) is 63.2 Å². The SMILES string of the molecule is CC1CC2(CCCCC2)c2cc(Cl)c3c(c21)NC(=O)C3. The van der Waals surface area contributed by atoms with Crippen molar-refractivity contribution in [3.8, 4) is 0 Å². The van der Waals surface area contributed by atoms with Gasteiger partial charge in [-0.3, -0.25) is 4.79 Å². The number of carbonyl (C=O) groups excluding carboxylic acids is 1. The maximum absolute atomic E-state index is 11.8. The zero-order valence-corrected chi connectivity index (χ0v) is 12.6. The average molecular weight is 290 g/mol. The molecular formula is C17H20ClNO. The first-order chi connectivity index (χ1) is 9.61. The van der Waals surface area contributed by atoms with Crippen LogP contribution < -0.4 is 5.32 Å². The molecule has 0 aromatic heterocycles. The Balaban J connectivity index is 1.92. The predicted octanol–water partition coefficient (Wildman–Crippen LogP) is 4.54. The molecule has 106 valence electrons. The molecule has 3 aliphatic rings. The largest absolute Gasteiger partial charge is 0.325 e. The Kier molecular flexibility index (Phi) is 2.69. The first-order valence-electron chi connectivity index (χ1n) is 7.76. The molecule has 3 heteroatoms. The van der Waals surface area contributed by atoms with Crippen molar-refractivity contribution >= 4 is 23.2 Å². The molecule has 1 unspecified atom stereocenters. The highest BCUT2D eigenvalue weighted by Crippen LogP contribution is 2.57. The molecule has 0 bridgehead atoms. The number of amides is 1. The van der Waals surface area contributed by atoms with Gasteiger partial charge in [-0.15, -0.1) is 0 Å². The lowest BCUT2D eigenvalue weighted by Gasteiger charge is -2.35. The fraction of sp³-hybridized carbons (Fsp3) is 0.588. The van der Waals surface area contributed by atoms with Crippen LogP contribution in [0.15, 0.2) is 6.07 Å². The van der Waals surface area contributed by atoms with E-state index in [9.17, 15) is 4.79 Å². The van der Waals surface area contributed by atoms with E-state index in [1.807, 2.05) is 0 Å². The van der Waals surface area contributed by atoms with Crippen molar-refractivity contribution in [1.82, 2.24) is 0 Å². The van der Waals surface area contributed by atoms with Gasteiger partial charge < -0.3 is 5.32 Å². The van der Waals surface area contributed by atoms with Gasteiger partial charge in [-0.1, -0.05) is 37.8 Å². The Morgan fingerprint density at radius 1 is 1.30 bits per heavy atom. The first-order valence-corrected chi connectivity index (χ1v) is 8.14. The Morgan fingerprint density at radius 2 is 2.05 bits per heavy atom. The summed E-state index contributed by atoms with van der Waals surface area (Å²) < 4.78 is 0. The Labute approximate surface area is 124 Å². The number of rotatable bonds is 0. The smallest absolute Gasteiger partial charge is 0.228 e. The molecule has 1 N–H and O–H groups in total. The third-order valence-electron chi connectivity index (χ3n) is 5.59. The van der Waals surface area contributed by atoms with E-state index in [4.69, 9.17) is 11.6 Å². The quantitative estimate of drug-likeness (QED) is 0.746. The second kappa shape index (κ2) is 4.24. The minimum Gasteiger partial charge on any atom is -0.325 e. The normalized spacial score (nSPS) is 26.5. The van der Waals surface area contributed by atoms with Gasteiger partial charge in [-0.2, -0.15) is 0 Å². The summed E-state index contributed by atoms with van der Waals surface area (Å²) in [4.78, 5) is 11.8. The van der Waals surface area contributed by atoms with Crippen LogP contribution in [0.5, 0.6) is 0 Å². The fourth-order valence-electron chi connectivity index (χ4n) is 4.82. The molecule has 1 saturated carbocycles. The van der Waals surface area contributed by atoms with Crippen LogP contribution in [-0.4, -0.2) is 5.91 Å². The van der Waals surface area contributed by atoms with Crippen LogP contribution in [0.2, 0.25) is 5.02 Å². The van der Waals surface area contributed by atoms with Gasteiger partial charge in [0, 0.05) is 16.3 Å². The average Bonchev–Trinajstić information content (AvgIpc) is 2.91. The molecule has 4 rings (SSSR count). The monoisotopic (exact) mass is 289 g/mol. The van der Waals surface area contributed by atoms with Crippen molar-refractivity contribution in [3.63, 3.8) is 0 Å². The lowest BCUT2D eigenvalue weighted by Crippen LogP contribution is -2.26. The topological polar surface area (TPSA) is 29.1 Å². The Hall–Kier alpha value is -1.02. The van der Waals surface area contributed by atoms with E-state index in [-0.39, 0.29) is 5.91 Å². The lowest BCUT2D eigenvalue weighted by molar-refractivity contribution is -0.115. The standard InChI is InChI=1S/C17H20ClNO/c1-10-9-17(5-3-2-4-6-17)12-8-13(18)11-7-14(20)19-16(11)15(10)12/h8,10H,2-7,9H2,1H3,(H,19,20). The van der Waals surface area contributed by atoms with Gasteiger partial charge in [-0.05, 0) is 47.8 Å². The highest BCUT2D eigenvalue weighted by atomic mass is 35.5. The summed E-state index contributed by atoms with van der Waals surface area (Å²) in [5.41, 5.74) is 5.23. The van der Waals surface area contributed by atoms with Crippen molar-refractivity contribution in [2.75, 3.05) is 5.32 Å². The van der Waals surface area contributed by atoms with Gasteiger partial charge >= 0.3 is 0 Å². The van der Waals surface area contributed by atoms with E-state index >= 15 is 0 Å². The highest BCUT2D eigenvalue weighted by molar-refractivity contribution is 6.32. The van der Waals surface area contributed by atoms with Crippen LogP contribution in [0, 0.1) is 0 Å². The zero-order valence-electron chi connectivity index (χ0n) is 11.9. The van der Waals surface area contributed by atoms with Gasteiger partial charge in [0.15, 0.2) is 0 Å². The van der Waals surface area contributed by atoms with Crippen molar-refractivity contribution in [3.05, 3.63) is 27.8 Å². The molecule has 1 aromatic rings. The van der Waals surface area contributed by atoms with Crippen molar-refractivity contribution in [2.24, 2.45) is 0 Å². The van der Waals surface area contributed by atoms with E-state index < -0.39 is 0 Å². The second-order valence-electron chi connectivity index (χ2n) is 6.84. The van der Waals surface area contributed by atoms with E-state index in [0.717, 1.165) is 16.3 Å². The van der Waals surface area contributed by atoms with E-state index in [1.54, 1.807) is 0 Å². The second-order valence-corrected chi connectivity index (χ2v) is 7.25. The lowest BCUT2D eigenvalue weighted by atomic mass is 9.70. The van der Waals surface area contributed by atoms with Crippen LogP contribution in [0.25, 0.3) is 0 Å². The number of hydrogen-bond acceptors (Lipinski definition) is 1.